The molecular weight excluding hydrogens is 444 g/mol. The first-order valence-corrected chi connectivity index (χ1v) is 12.3. The van der Waals surface area contributed by atoms with Crippen LogP contribution in [0, 0.1) is 33.8 Å². The van der Waals surface area contributed by atoms with Crippen LogP contribution >= 0.6 is 24.0 Å². The van der Waals surface area contributed by atoms with E-state index in [0.29, 0.717) is 38.1 Å². The summed E-state index contributed by atoms with van der Waals surface area (Å²) in [6.07, 6.45) is 8.06. The Morgan fingerprint density at radius 3 is 2.50 bits per heavy atom. The second-order valence-corrected chi connectivity index (χ2v) is 11.2. The quantitative estimate of drug-likeness (QED) is 0.242. The van der Waals surface area contributed by atoms with Gasteiger partial charge in [0.25, 0.3) is 11.6 Å². The van der Waals surface area contributed by atoms with E-state index in [-0.39, 0.29) is 17.6 Å². The summed E-state index contributed by atoms with van der Waals surface area (Å²) in [4.78, 5) is 26.5. The normalized spacial score (nSPS) is 32.3. The van der Waals surface area contributed by atoms with Crippen molar-refractivity contribution >= 4 is 46.0 Å². The molecule has 4 bridgehead atoms. The van der Waals surface area contributed by atoms with Gasteiger partial charge in [0.1, 0.15) is 15.8 Å². The Labute approximate surface area is 195 Å². The standard InChI is InChI=1S/C24H22N2O4S2/c27-23-21(12-19-4-5-20(30-19)15-2-1-3-18(11-15)26(28)29)32-24(31)25(23)22-16-7-13-6-14(9-16)10-17(22)8-13/h1-5,11-14,16-17,22H,6-10H2. The second-order valence-electron chi connectivity index (χ2n) is 9.48. The van der Waals surface area contributed by atoms with Crippen molar-refractivity contribution in [3.05, 3.63) is 57.2 Å². The highest BCUT2D eigenvalue weighted by Gasteiger charge is 2.53. The molecule has 0 unspecified atom stereocenters. The first-order chi connectivity index (χ1) is 15.5. The molecule has 0 atom stereocenters. The highest BCUT2D eigenvalue weighted by atomic mass is 32.2. The molecule has 1 amide bonds. The first kappa shape index (κ1) is 20.2. The van der Waals surface area contributed by atoms with Crippen molar-refractivity contribution in [1.82, 2.24) is 4.90 Å². The second kappa shape index (κ2) is 7.56. The molecule has 1 aromatic carbocycles. The largest absolute Gasteiger partial charge is 0.457 e. The fraction of sp³-hybridized carbons (Fsp3) is 0.417. The van der Waals surface area contributed by atoms with E-state index in [4.69, 9.17) is 16.6 Å². The third-order valence-corrected chi connectivity index (χ3v) is 8.87. The number of hydrogen-bond donors (Lipinski definition) is 0. The smallest absolute Gasteiger partial charge is 0.270 e. The van der Waals surface area contributed by atoms with Crippen LogP contribution in [0.4, 0.5) is 5.69 Å². The van der Waals surface area contributed by atoms with Crippen LogP contribution in [0.25, 0.3) is 17.4 Å². The summed E-state index contributed by atoms with van der Waals surface area (Å²) in [6.45, 7) is 0. The number of rotatable bonds is 4. The molecule has 32 heavy (non-hydrogen) atoms. The van der Waals surface area contributed by atoms with Crippen molar-refractivity contribution in [2.45, 2.75) is 38.1 Å². The van der Waals surface area contributed by atoms with Gasteiger partial charge in [-0.05, 0) is 67.9 Å². The van der Waals surface area contributed by atoms with Crippen LogP contribution in [0.2, 0.25) is 0 Å². The molecular formula is C24H22N2O4S2. The maximum absolute atomic E-state index is 13.4. The third-order valence-electron chi connectivity index (χ3n) is 7.54. The maximum Gasteiger partial charge on any atom is 0.270 e. The number of nitro groups is 1. The molecule has 5 aliphatic rings. The number of hydrogen-bond acceptors (Lipinski definition) is 6. The highest BCUT2D eigenvalue weighted by molar-refractivity contribution is 8.26. The molecule has 6 nitrogen and oxygen atoms in total. The van der Waals surface area contributed by atoms with Gasteiger partial charge in [0.15, 0.2) is 0 Å². The number of carbonyl (C=O) groups is 1. The summed E-state index contributed by atoms with van der Waals surface area (Å²) in [5.41, 5.74) is 0.636. The van der Waals surface area contributed by atoms with Gasteiger partial charge >= 0.3 is 0 Å². The van der Waals surface area contributed by atoms with Gasteiger partial charge in [-0.2, -0.15) is 0 Å². The average molecular weight is 467 g/mol. The number of amides is 1. The lowest BCUT2D eigenvalue weighted by Crippen LogP contribution is -2.57. The number of benzene rings is 1. The molecule has 7 rings (SSSR count). The zero-order chi connectivity index (χ0) is 22.0. The van der Waals surface area contributed by atoms with Crippen molar-refractivity contribution in [2.24, 2.45) is 23.7 Å². The van der Waals surface area contributed by atoms with E-state index in [0.717, 1.165) is 11.8 Å². The predicted octanol–water partition coefficient (Wildman–Crippen LogP) is 5.88. The fourth-order valence-electron chi connectivity index (χ4n) is 6.54. The van der Waals surface area contributed by atoms with E-state index in [1.54, 1.807) is 30.3 Å². The Hall–Kier alpha value is -2.45. The summed E-state index contributed by atoms with van der Waals surface area (Å²) in [7, 11) is 0. The van der Waals surface area contributed by atoms with E-state index in [1.807, 2.05) is 4.90 Å². The van der Waals surface area contributed by atoms with Crippen molar-refractivity contribution in [2.75, 3.05) is 0 Å². The lowest BCUT2D eigenvalue weighted by molar-refractivity contribution is -0.384. The molecule has 2 heterocycles. The van der Waals surface area contributed by atoms with Crippen LogP contribution < -0.4 is 0 Å². The topological polar surface area (TPSA) is 76.6 Å². The number of nitrogens with zero attached hydrogens (tertiary/aromatic N) is 2. The summed E-state index contributed by atoms with van der Waals surface area (Å²) in [5, 5.41) is 11.0. The third kappa shape index (κ3) is 3.31. The van der Waals surface area contributed by atoms with Crippen LogP contribution in [0.1, 0.15) is 37.9 Å². The fourth-order valence-corrected chi connectivity index (χ4v) is 7.87. The summed E-state index contributed by atoms with van der Waals surface area (Å²) in [5.74, 6) is 3.91. The molecule has 4 aliphatic carbocycles. The predicted molar refractivity (Wildman–Crippen MR) is 127 cm³/mol. The summed E-state index contributed by atoms with van der Waals surface area (Å²) >= 11 is 7.02. The summed E-state index contributed by atoms with van der Waals surface area (Å²) in [6, 6.07) is 10.1. The zero-order valence-corrected chi connectivity index (χ0v) is 18.9. The van der Waals surface area contributed by atoms with E-state index < -0.39 is 4.92 Å². The highest BCUT2D eigenvalue weighted by Crippen LogP contribution is 2.56. The Balaban J connectivity index is 1.24. The zero-order valence-electron chi connectivity index (χ0n) is 17.3. The van der Waals surface area contributed by atoms with Gasteiger partial charge in [-0.3, -0.25) is 19.8 Å². The van der Waals surface area contributed by atoms with Gasteiger partial charge in [-0.1, -0.05) is 36.1 Å². The maximum atomic E-state index is 13.4. The molecule has 2 aromatic rings. The number of thiocarbonyl (C=S) groups is 1. The molecule has 8 heteroatoms. The molecule has 1 saturated heterocycles. The first-order valence-electron chi connectivity index (χ1n) is 11.1. The van der Waals surface area contributed by atoms with Crippen LogP contribution in [0.3, 0.4) is 0 Å². The molecule has 164 valence electrons. The number of thioether (sulfide) groups is 1. The number of furan rings is 1. The molecule has 0 radical (unpaired) electrons. The van der Waals surface area contributed by atoms with E-state index in [9.17, 15) is 14.9 Å². The molecule has 1 aromatic heterocycles. The van der Waals surface area contributed by atoms with Crippen LogP contribution in [0.15, 0.2) is 45.7 Å². The average Bonchev–Trinajstić information content (AvgIpc) is 3.33. The number of nitro benzene ring substituents is 1. The van der Waals surface area contributed by atoms with Crippen LogP contribution in [0.5, 0.6) is 0 Å². The van der Waals surface area contributed by atoms with Crippen LogP contribution in [-0.4, -0.2) is 26.1 Å². The molecule has 0 N–H and O–H groups in total. The lowest BCUT2D eigenvalue weighted by Gasteiger charge is -2.56. The van der Waals surface area contributed by atoms with Gasteiger partial charge in [-0.25, -0.2) is 0 Å². The van der Waals surface area contributed by atoms with Gasteiger partial charge in [0.2, 0.25) is 0 Å². The van der Waals surface area contributed by atoms with Gasteiger partial charge in [0, 0.05) is 29.8 Å². The molecule has 5 fully saturated rings. The Bertz CT molecular complexity index is 1140. The minimum atomic E-state index is -0.428. The SMILES string of the molecule is O=C1C(=Cc2ccc(-c3cccc([N+](=O)[O-])c3)o2)SC(=S)N1C1C2CC3CC(C2)CC1C3. The monoisotopic (exact) mass is 466 g/mol. The number of carbonyl (C=O) groups excluding carboxylic acids is 1. The van der Waals surface area contributed by atoms with Crippen molar-refractivity contribution in [3.8, 4) is 11.3 Å². The lowest BCUT2D eigenvalue weighted by atomic mass is 9.54. The van der Waals surface area contributed by atoms with Crippen molar-refractivity contribution in [1.29, 1.82) is 0 Å². The van der Waals surface area contributed by atoms with Crippen molar-refractivity contribution in [3.63, 3.8) is 0 Å². The van der Waals surface area contributed by atoms with E-state index in [1.165, 1.54) is 56.0 Å². The van der Waals surface area contributed by atoms with Gasteiger partial charge < -0.3 is 4.42 Å². The van der Waals surface area contributed by atoms with E-state index in [2.05, 4.69) is 0 Å². The minimum Gasteiger partial charge on any atom is -0.457 e. The van der Waals surface area contributed by atoms with Crippen LogP contribution in [-0.2, 0) is 4.79 Å². The van der Waals surface area contributed by atoms with Gasteiger partial charge in [-0.15, -0.1) is 0 Å². The van der Waals surface area contributed by atoms with Gasteiger partial charge in [0.05, 0.1) is 9.83 Å². The Morgan fingerprint density at radius 1 is 1.09 bits per heavy atom. The Kier molecular flexibility index (Phi) is 4.76. The number of non-ortho nitro benzene ring substituents is 1. The minimum absolute atomic E-state index is 0.00854. The molecule has 0 spiro atoms. The summed E-state index contributed by atoms with van der Waals surface area (Å²) < 4.78 is 6.56. The Morgan fingerprint density at radius 2 is 1.81 bits per heavy atom. The van der Waals surface area contributed by atoms with Crippen molar-refractivity contribution < 1.29 is 14.1 Å². The molecule has 4 saturated carbocycles. The van der Waals surface area contributed by atoms with E-state index >= 15 is 0 Å². The molecule has 1 aliphatic heterocycles.